The van der Waals surface area contributed by atoms with Crippen LogP contribution in [0.3, 0.4) is 0 Å². The van der Waals surface area contributed by atoms with Crippen molar-refractivity contribution in [3.8, 4) is 0 Å². The Kier molecular flexibility index (Phi) is 4.79. The van der Waals surface area contributed by atoms with Crippen LogP contribution in [0, 0.1) is 0 Å². The molecule has 0 saturated carbocycles. The summed E-state index contributed by atoms with van der Waals surface area (Å²) in [5.74, 6) is 0. The van der Waals surface area contributed by atoms with Gasteiger partial charge in [-0.15, -0.1) is 0 Å². The summed E-state index contributed by atoms with van der Waals surface area (Å²) in [7, 11) is 0. The summed E-state index contributed by atoms with van der Waals surface area (Å²) in [4.78, 5) is 2.16. The summed E-state index contributed by atoms with van der Waals surface area (Å²) in [6, 6.07) is 4.80. The van der Waals surface area contributed by atoms with Crippen molar-refractivity contribution in [1.82, 2.24) is 0 Å². The van der Waals surface area contributed by atoms with E-state index in [0.29, 0.717) is 0 Å². The third-order valence-corrected chi connectivity index (χ3v) is 4.27. The SMILES string of the molecule is CC(C)(C)c1cc(C(C)(C)C)c(C=[Se])c(C(C)(C)C)c1. The standard InChI is InChI=1S/C19H30Se/c1-17(2,3)13-10-15(18(4,5)6)14(12-20)16(11-13)19(7,8)9/h10-12H,1-9H3. The van der Waals surface area contributed by atoms with Crippen LogP contribution in [0.25, 0.3) is 0 Å². The molecule has 1 aromatic rings. The van der Waals surface area contributed by atoms with Crippen molar-refractivity contribution >= 4 is 20.5 Å². The molecule has 0 aliphatic carbocycles. The van der Waals surface area contributed by atoms with Gasteiger partial charge in [-0.05, 0) is 0 Å². The van der Waals surface area contributed by atoms with Gasteiger partial charge in [-0.3, -0.25) is 0 Å². The van der Waals surface area contributed by atoms with Gasteiger partial charge in [0.05, 0.1) is 0 Å². The Morgan fingerprint density at radius 1 is 0.700 bits per heavy atom. The fraction of sp³-hybridized carbons (Fsp3) is 0.632. The Bertz CT molecular complexity index is 467. The summed E-state index contributed by atoms with van der Waals surface area (Å²) >= 11 is 3.12. The van der Waals surface area contributed by atoms with Crippen LogP contribution >= 0.6 is 0 Å². The van der Waals surface area contributed by atoms with Crippen LogP contribution in [0.1, 0.15) is 84.6 Å². The first-order valence-corrected chi connectivity index (χ1v) is 8.42. The van der Waals surface area contributed by atoms with Crippen molar-refractivity contribution in [3.05, 3.63) is 34.4 Å². The minimum absolute atomic E-state index is 0.150. The van der Waals surface area contributed by atoms with E-state index in [1.807, 2.05) is 0 Å². The zero-order valence-corrected chi connectivity index (χ0v) is 16.4. The molecule has 0 spiro atoms. The van der Waals surface area contributed by atoms with Crippen molar-refractivity contribution < 1.29 is 0 Å². The molecule has 0 nitrogen and oxygen atoms in total. The molecule has 0 amide bonds. The third kappa shape index (κ3) is 3.83. The Hall–Kier alpha value is -0.391. The summed E-state index contributed by atoms with van der Waals surface area (Å²) in [6.45, 7) is 20.7. The maximum absolute atomic E-state index is 3.12. The second kappa shape index (κ2) is 5.43. The van der Waals surface area contributed by atoms with E-state index in [9.17, 15) is 0 Å². The summed E-state index contributed by atoms with van der Waals surface area (Å²) in [6.07, 6.45) is 0. The van der Waals surface area contributed by atoms with Crippen LogP contribution in [-0.4, -0.2) is 20.5 Å². The van der Waals surface area contributed by atoms with Crippen molar-refractivity contribution in [2.45, 2.75) is 78.6 Å². The molecule has 0 aliphatic rings. The van der Waals surface area contributed by atoms with E-state index >= 15 is 0 Å². The van der Waals surface area contributed by atoms with E-state index in [-0.39, 0.29) is 16.2 Å². The zero-order chi connectivity index (χ0) is 15.9. The van der Waals surface area contributed by atoms with Crippen molar-refractivity contribution in [1.29, 1.82) is 0 Å². The molecule has 0 aliphatic heterocycles. The molecule has 0 heterocycles. The van der Waals surface area contributed by atoms with E-state index in [0.717, 1.165) is 0 Å². The zero-order valence-electron chi connectivity index (χ0n) is 14.6. The van der Waals surface area contributed by atoms with Gasteiger partial charge in [-0.2, -0.15) is 0 Å². The number of hydrogen-bond donors (Lipinski definition) is 0. The number of benzene rings is 1. The van der Waals surface area contributed by atoms with Gasteiger partial charge in [0, 0.05) is 0 Å². The maximum atomic E-state index is 3.12. The molecule has 112 valence electrons. The van der Waals surface area contributed by atoms with E-state index in [2.05, 4.69) is 94.9 Å². The Morgan fingerprint density at radius 3 is 1.25 bits per heavy atom. The molecule has 0 fully saturated rings. The van der Waals surface area contributed by atoms with Crippen molar-refractivity contribution in [2.75, 3.05) is 0 Å². The molecule has 0 atom stereocenters. The molecular weight excluding hydrogens is 307 g/mol. The molecule has 1 rings (SSSR count). The third-order valence-electron chi connectivity index (χ3n) is 3.78. The average Bonchev–Trinajstić information content (AvgIpc) is 2.23. The predicted molar refractivity (Wildman–Crippen MR) is 93.5 cm³/mol. The summed E-state index contributed by atoms with van der Waals surface area (Å²) in [5, 5.41) is 0. The van der Waals surface area contributed by atoms with Crippen LogP contribution in [0.15, 0.2) is 12.1 Å². The van der Waals surface area contributed by atoms with Gasteiger partial charge < -0.3 is 0 Å². The van der Waals surface area contributed by atoms with Gasteiger partial charge in [-0.1, -0.05) is 0 Å². The molecule has 0 unspecified atom stereocenters. The summed E-state index contributed by atoms with van der Waals surface area (Å²) < 4.78 is 0. The summed E-state index contributed by atoms with van der Waals surface area (Å²) in [5.41, 5.74) is 6.15. The van der Waals surface area contributed by atoms with Crippen LogP contribution < -0.4 is 0 Å². The van der Waals surface area contributed by atoms with Crippen LogP contribution in [0.4, 0.5) is 0 Å². The van der Waals surface area contributed by atoms with Crippen molar-refractivity contribution in [2.24, 2.45) is 0 Å². The van der Waals surface area contributed by atoms with E-state index in [4.69, 9.17) is 0 Å². The Balaban J connectivity index is 3.80. The Morgan fingerprint density at radius 2 is 1.05 bits per heavy atom. The molecule has 20 heavy (non-hydrogen) atoms. The normalized spacial score (nSPS) is 13.4. The van der Waals surface area contributed by atoms with Gasteiger partial charge in [-0.25, -0.2) is 0 Å². The van der Waals surface area contributed by atoms with Gasteiger partial charge >= 0.3 is 133 Å². The second-order valence-electron chi connectivity index (χ2n) is 8.85. The molecule has 0 bridgehead atoms. The predicted octanol–water partition coefficient (Wildman–Crippen LogP) is 4.90. The van der Waals surface area contributed by atoms with Crippen LogP contribution in [0.2, 0.25) is 0 Å². The number of rotatable bonds is 1. The van der Waals surface area contributed by atoms with Crippen LogP contribution in [-0.2, 0) is 16.2 Å². The molecule has 1 heteroatoms. The molecule has 0 N–H and O–H groups in total. The van der Waals surface area contributed by atoms with Crippen molar-refractivity contribution in [3.63, 3.8) is 0 Å². The van der Waals surface area contributed by atoms with E-state index in [1.54, 1.807) is 0 Å². The first-order valence-electron chi connectivity index (χ1n) is 7.43. The molecule has 0 aromatic heterocycles. The quantitative estimate of drug-likeness (QED) is 0.640. The fourth-order valence-corrected chi connectivity index (χ4v) is 2.99. The van der Waals surface area contributed by atoms with E-state index in [1.165, 1.54) is 22.3 Å². The first kappa shape index (κ1) is 17.7. The minimum atomic E-state index is 0.150. The second-order valence-corrected chi connectivity index (χ2v) is 9.35. The average molecular weight is 337 g/mol. The van der Waals surface area contributed by atoms with Crippen LogP contribution in [0.5, 0.6) is 0 Å². The number of hydrogen-bond acceptors (Lipinski definition) is 0. The van der Waals surface area contributed by atoms with Gasteiger partial charge in [0.1, 0.15) is 0 Å². The monoisotopic (exact) mass is 338 g/mol. The topological polar surface area (TPSA) is 0 Å². The van der Waals surface area contributed by atoms with Gasteiger partial charge in [0.25, 0.3) is 0 Å². The van der Waals surface area contributed by atoms with Gasteiger partial charge in [0.15, 0.2) is 0 Å². The Labute approximate surface area is 133 Å². The molecule has 0 radical (unpaired) electrons. The molecular formula is C19H30Se. The first-order chi connectivity index (χ1) is 8.78. The molecule has 0 saturated heterocycles. The fourth-order valence-electron chi connectivity index (χ4n) is 2.45. The van der Waals surface area contributed by atoms with Gasteiger partial charge in [0.2, 0.25) is 0 Å². The molecule has 1 aromatic carbocycles. The van der Waals surface area contributed by atoms with E-state index < -0.39 is 0 Å².